The number of rotatable bonds is 7. The van der Waals surface area contributed by atoms with Gasteiger partial charge in [-0.25, -0.2) is 0 Å². The van der Waals surface area contributed by atoms with E-state index in [2.05, 4.69) is 4.74 Å². The number of hydrogen-bond donors (Lipinski definition) is 1. The van der Waals surface area contributed by atoms with Crippen molar-refractivity contribution in [2.75, 3.05) is 20.3 Å². The van der Waals surface area contributed by atoms with Gasteiger partial charge >= 0.3 is 5.97 Å². The largest absolute Gasteiger partial charge is 0.464 e. The van der Waals surface area contributed by atoms with Gasteiger partial charge in [0.25, 0.3) is 0 Å². The molecule has 0 rings (SSSR count). The zero-order chi connectivity index (χ0) is 10.8. The van der Waals surface area contributed by atoms with Crippen molar-refractivity contribution in [3.05, 3.63) is 0 Å². The fourth-order valence-electron chi connectivity index (χ4n) is 0.749. The Kier molecular flexibility index (Phi) is 7.37. The smallest absolute Gasteiger partial charge is 0.311 e. The van der Waals surface area contributed by atoms with Gasteiger partial charge in [-0.3, -0.25) is 4.79 Å². The molecule has 0 fully saturated rings. The summed E-state index contributed by atoms with van der Waals surface area (Å²) in [7, 11) is 1.54. The second-order valence-corrected chi connectivity index (χ2v) is 2.65. The van der Waals surface area contributed by atoms with E-state index in [0.717, 1.165) is 0 Å². The molecule has 0 aliphatic rings. The van der Waals surface area contributed by atoms with Gasteiger partial charge in [0.1, 0.15) is 6.61 Å². The highest BCUT2D eigenvalue weighted by molar-refractivity contribution is 5.97. The fourth-order valence-corrected chi connectivity index (χ4v) is 0.749. The van der Waals surface area contributed by atoms with E-state index in [-0.39, 0.29) is 25.2 Å². The Hall–Kier alpha value is -1.41. The molecule has 0 saturated carbocycles. The van der Waals surface area contributed by atoms with Gasteiger partial charge in [-0.05, 0) is 0 Å². The molecule has 0 heterocycles. The average Bonchev–Trinajstić information content (AvgIpc) is 2.15. The van der Waals surface area contributed by atoms with Crippen LogP contribution in [0.1, 0.15) is 19.3 Å². The van der Waals surface area contributed by atoms with Crippen molar-refractivity contribution < 1.29 is 14.3 Å². The van der Waals surface area contributed by atoms with Crippen LogP contribution in [0.2, 0.25) is 0 Å². The zero-order valence-electron chi connectivity index (χ0n) is 8.21. The van der Waals surface area contributed by atoms with E-state index in [1.807, 2.05) is 6.07 Å². The first-order valence-electron chi connectivity index (χ1n) is 4.28. The second-order valence-electron chi connectivity index (χ2n) is 2.65. The minimum absolute atomic E-state index is 0.0191. The molecule has 78 valence electrons. The monoisotopic (exact) mass is 198 g/mol. The van der Waals surface area contributed by atoms with Crippen LogP contribution in [0, 0.1) is 16.7 Å². The lowest BCUT2D eigenvalue weighted by Crippen LogP contribution is -2.12. The molecule has 0 aliphatic heterocycles. The van der Waals surface area contributed by atoms with Crippen molar-refractivity contribution >= 4 is 11.7 Å². The predicted molar refractivity (Wildman–Crippen MR) is 50.0 cm³/mol. The molecule has 0 bridgehead atoms. The fraction of sp³-hybridized carbons (Fsp3) is 0.667. The molecule has 0 atom stereocenters. The van der Waals surface area contributed by atoms with Gasteiger partial charge in [-0.1, -0.05) is 0 Å². The molecule has 0 amide bonds. The Labute approximate surface area is 83.1 Å². The van der Waals surface area contributed by atoms with Crippen molar-refractivity contribution in [1.82, 2.24) is 0 Å². The SMILES string of the molecule is COCCC(=N)CC(=O)OCCC#N. The lowest BCUT2D eigenvalue weighted by atomic mass is 10.2. The van der Waals surface area contributed by atoms with Gasteiger partial charge in [0, 0.05) is 19.2 Å². The second kappa shape index (κ2) is 8.20. The molecule has 1 N–H and O–H groups in total. The number of nitrogens with one attached hydrogen (secondary N) is 1. The standard InChI is InChI=1S/C9H14N2O3/c1-13-6-3-8(11)7-9(12)14-5-2-4-10/h11H,2-3,5-7H2,1H3. The van der Waals surface area contributed by atoms with Crippen LogP contribution in [0.15, 0.2) is 0 Å². The quantitative estimate of drug-likeness (QED) is 0.374. The third kappa shape index (κ3) is 7.25. The van der Waals surface area contributed by atoms with Crippen molar-refractivity contribution in [1.29, 1.82) is 10.7 Å². The van der Waals surface area contributed by atoms with E-state index >= 15 is 0 Å². The van der Waals surface area contributed by atoms with Gasteiger partial charge < -0.3 is 14.9 Å². The normalized spacial score (nSPS) is 9.14. The maximum atomic E-state index is 11.0. The van der Waals surface area contributed by atoms with Gasteiger partial charge in [0.05, 0.1) is 25.5 Å². The van der Waals surface area contributed by atoms with E-state index < -0.39 is 5.97 Å². The van der Waals surface area contributed by atoms with Crippen LogP contribution in [0.4, 0.5) is 0 Å². The zero-order valence-corrected chi connectivity index (χ0v) is 8.21. The lowest BCUT2D eigenvalue weighted by molar-refractivity contribution is -0.141. The first-order chi connectivity index (χ1) is 6.70. The molecule has 0 aromatic rings. The Morgan fingerprint density at radius 2 is 2.21 bits per heavy atom. The summed E-state index contributed by atoms with van der Waals surface area (Å²) in [5.74, 6) is -0.457. The highest BCUT2D eigenvalue weighted by Crippen LogP contribution is 1.95. The van der Waals surface area contributed by atoms with Crippen LogP contribution in [0.25, 0.3) is 0 Å². The third-order valence-corrected chi connectivity index (χ3v) is 1.44. The minimum Gasteiger partial charge on any atom is -0.464 e. The van der Waals surface area contributed by atoms with Gasteiger partial charge in [-0.15, -0.1) is 0 Å². The Balaban J connectivity index is 3.51. The van der Waals surface area contributed by atoms with Crippen LogP contribution in [-0.2, 0) is 14.3 Å². The summed E-state index contributed by atoms with van der Waals surface area (Å²) in [5, 5.41) is 15.5. The molecule has 0 aliphatic carbocycles. The van der Waals surface area contributed by atoms with Crippen LogP contribution in [0.3, 0.4) is 0 Å². The molecule has 0 radical (unpaired) electrons. The maximum Gasteiger partial charge on any atom is 0.311 e. The molecule has 0 saturated heterocycles. The summed E-state index contributed by atoms with van der Waals surface area (Å²) in [6.45, 7) is 0.539. The van der Waals surface area contributed by atoms with E-state index in [4.69, 9.17) is 15.4 Å². The van der Waals surface area contributed by atoms with Crippen molar-refractivity contribution in [3.63, 3.8) is 0 Å². The average molecular weight is 198 g/mol. The third-order valence-electron chi connectivity index (χ3n) is 1.44. The maximum absolute atomic E-state index is 11.0. The Morgan fingerprint density at radius 1 is 1.50 bits per heavy atom. The number of hydrogen-bond acceptors (Lipinski definition) is 5. The van der Waals surface area contributed by atoms with Crippen LogP contribution in [0.5, 0.6) is 0 Å². The molecular weight excluding hydrogens is 184 g/mol. The van der Waals surface area contributed by atoms with Crippen molar-refractivity contribution in [2.24, 2.45) is 0 Å². The highest BCUT2D eigenvalue weighted by Gasteiger charge is 2.06. The number of carbonyl (C=O) groups excluding carboxylic acids is 1. The summed E-state index contributed by atoms with van der Waals surface area (Å²) in [6.07, 6.45) is 0.607. The Morgan fingerprint density at radius 3 is 2.79 bits per heavy atom. The summed E-state index contributed by atoms with van der Waals surface area (Å²) < 4.78 is 9.45. The number of esters is 1. The number of nitriles is 1. The minimum atomic E-state index is -0.457. The predicted octanol–water partition coefficient (Wildman–Crippen LogP) is 0.890. The summed E-state index contributed by atoms with van der Waals surface area (Å²) in [6, 6.07) is 1.86. The molecule has 0 aromatic carbocycles. The molecule has 0 unspecified atom stereocenters. The first kappa shape index (κ1) is 12.6. The number of carbonyl (C=O) groups is 1. The summed E-state index contributed by atoms with van der Waals surface area (Å²) >= 11 is 0. The van der Waals surface area contributed by atoms with Crippen molar-refractivity contribution in [3.8, 4) is 6.07 Å². The molecular formula is C9H14N2O3. The van der Waals surface area contributed by atoms with Gasteiger partial charge in [-0.2, -0.15) is 5.26 Å². The van der Waals surface area contributed by atoms with Crippen LogP contribution < -0.4 is 0 Å². The van der Waals surface area contributed by atoms with E-state index in [9.17, 15) is 4.79 Å². The first-order valence-corrected chi connectivity index (χ1v) is 4.28. The van der Waals surface area contributed by atoms with Gasteiger partial charge in [0.2, 0.25) is 0 Å². The van der Waals surface area contributed by atoms with E-state index in [1.165, 1.54) is 0 Å². The molecule has 14 heavy (non-hydrogen) atoms. The molecule has 5 nitrogen and oxygen atoms in total. The topological polar surface area (TPSA) is 83.2 Å². The summed E-state index contributed by atoms with van der Waals surface area (Å²) in [5.41, 5.74) is 0.286. The molecule has 5 heteroatoms. The summed E-state index contributed by atoms with van der Waals surface area (Å²) in [4.78, 5) is 11.0. The van der Waals surface area contributed by atoms with Gasteiger partial charge in [0.15, 0.2) is 0 Å². The molecule has 0 aromatic heterocycles. The number of nitrogens with zero attached hydrogens (tertiary/aromatic N) is 1. The van der Waals surface area contributed by atoms with E-state index in [1.54, 1.807) is 7.11 Å². The van der Waals surface area contributed by atoms with E-state index in [0.29, 0.717) is 13.0 Å². The molecule has 0 spiro atoms. The lowest BCUT2D eigenvalue weighted by Gasteiger charge is -2.03. The Bertz CT molecular complexity index is 233. The van der Waals surface area contributed by atoms with Crippen LogP contribution >= 0.6 is 0 Å². The number of ether oxygens (including phenoxy) is 2. The highest BCUT2D eigenvalue weighted by atomic mass is 16.5. The van der Waals surface area contributed by atoms with Crippen LogP contribution in [-0.4, -0.2) is 32.0 Å². The van der Waals surface area contributed by atoms with Crippen molar-refractivity contribution in [2.45, 2.75) is 19.3 Å². The number of methoxy groups -OCH3 is 1.